The van der Waals surface area contributed by atoms with Crippen LogP contribution in [-0.4, -0.2) is 93.0 Å². The Kier molecular flexibility index (Phi) is 8.83. The molecule has 0 unspecified atom stereocenters. The van der Waals surface area contributed by atoms with Crippen LogP contribution in [0.1, 0.15) is 57.6 Å². The highest BCUT2D eigenvalue weighted by Crippen LogP contribution is 2.37. The maximum atomic E-state index is 13.3. The van der Waals surface area contributed by atoms with Crippen LogP contribution in [0.3, 0.4) is 0 Å². The molecular weight excluding hydrogens is 578 g/mol. The number of fused-ring (bicyclic) bond motifs is 2. The van der Waals surface area contributed by atoms with Crippen molar-refractivity contribution in [1.29, 1.82) is 0 Å². The number of esters is 1. The van der Waals surface area contributed by atoms with E-state index in [1.165, 1.54) is 0 Å². The smallest absolute Gasteiger partial charge is 0.410 e. The van der Waals surface area contributed by atoms with Crippen LogP contribution in [0.25, 0.3) is 33.3 Å². The van der Waals surface area contributed by atoms with Gasteiger partial charge in [-0.1, -0.05) is 0 Å². The van der Waals surface area contributed by atoms with E-state index in [2.05, 4.69) is 10.00 Å². The van der Waals surface area contributed by atoms with Gasteiger partial charge < -0.3 is 23.8 Å². The number of carbonyl (C=O) groups is 2. The number of hydrogen-bond donors (Lipinski definition) is 0. The molecule has 13 heteroatoms. The number of hydrogen-bond acceptors (Lipinski definition) is 11. The lowest BCUT2D eigenvalue weighted by Gasteiger charge is -2.44. The molecule has 240 valence electrons. The van der Waals surface area contributed by atoms with Crippen LogP contribution in [0.5, 0.6) is 5.75 Å². The Bertz CT molecular complexity index is 1740. The first-order chi connectivity index (χ1) is 21.3. The molecule has 5 rings (SSSR count). The van der Waals surface area contributed by atoms with Crippen molar-refractivity contribution in [2.24, 2.45) is 7.05 Å². The number of benzene rings is 1. The average molecular weight is 620 g/mol. The third-order valence-corrected chi connectivity index (χ3v) is 7.50. The molecule has 1 aromatic carbocycles. The second kappa shape index (κ2) is 12.5. The van der Waals surface area contributed by atoms with Crippen LogP contribution in [0.15, 0.2) is 24.4 Å². The number of rotatable bonds is 7. The molecule has 2 atom stereocenters. The molecule has 1 saturated heterocycles. The summed E-state index contributed by atoms with van der Waals surface area (Å²) >= 11 is 0. The molecule has 1 aliphatic rings. The quantitative estimate of drug-likeness (QED) is 0.207. The number of piperazine rings is 1. The zero-order chi connectivity index (χ0) is 32.6. The van der Waals surface area contributed by atoms with Gasteiger partial charge in [-0.15, -0.1) is 0 Å². The summed E-state index contributed by atoms with van der Waals surface area (Å²) in [5.41, 5.74) is 2.42. The van der Waals surface area contributed by atoms with Crippen LogP contribution in [0, 0.1) is 6.92 Å². The molecule has 13 nitrogen and oxygen atoms in total. The van der Waals surface area contributed by atoms with E-state index >= 15 is 0 Å². The van der Waals surface area contributed by atoms with Crippen molar-refractivity contribution in [2.45, 2.75) is 66.2 Å². The monoisotopic (exact) mass is 619 g/mol. The summed E-state index contributed by atoms with van der Waals surface area (Å²) in [7, 11) is 3.39. The number of ether oxygens (including phenoxy) is 4. The first-order valence-corrected chi connectivity index (χ1v) is 15.0. The van der Waals surface area contributed by atoms with Gasteiger partial charge in [-0.05, 0) is 66.7 Å². The maximum Gasteiger partial charge on any atom is 0.410 e. The second-order valence-corrected chi connectivity index (χ2v) is 12.3. The topological polar surface area (TPSA) is 134 Å². The number of anilines is 1. The van der Waals surface area contributed by atoms with Crippen LogP contribution in [0.4, 0.5) is 10.6 Å². The Morgan fingerprint density at radius 3 is 2.40 bits per heavy atom. The van der Waals surface area contributed by atoms with Gasteiger partial charge in [0, 0.05) is 44.4 Å². The fraction of sp³-hybridized carbons (Fsp3) is 0.500. The molecule has 0 bridgehead atoms. The second-order valence-electron chi connectivity index (χ2n) is 12.3. The van der Waals surface area contributed by atoms with Crippen molar-refractivity contribution in [1.82, 2.24) is 29.6 Å². The zero-order valence-electron chi connectivity index (χ0n) is 27.4. The molecule has 0 aliphatic carbocycles. The highest BCUT2D eigenvalue weighted by atomic mass is 16.7. The number of aromatic nitrogens is 5. The van der Waals surface area contributed by atoms with Gasteiger partial charge >= 0.3 is 12.1 Å². The van der Waals surface area contributed by atoms with Crippen molar-refractivity contribution in [3.05, 3.63) is 35.7 Å². The van der Waals surface area contributed by atoms with E-state index in [-0.39, 0.29) is 43.1 Å². The molecule has 1 fully saturated rings. The molecule has 4 aromatic rings. The molecule has 0 N–H and O–H groups in total. The van der Waals surface area contributed by atoms with Crippen LogP contribution < -0.4 is 9.64 Å². The van der Waals surface area contributed by atoms with E-state index in [1.807, 2.05) is 73.0 Å². The van der Waals surface area contributed by atoms with Gasteiger partial charge in [0.1, 0.15) is 22.7 Å². The van der Waals surface area contributed by atoms with Crippen molar-refractivity contribution < 1.29 is 28.5 Å². The Hall–Kier alpha value is -4.52. The fourth-order valence-corrected chi connectivity index (χ4v) is 5.73. The average Bonchev–Trinajstić information content (AvgIpc) is 3.35. The predicted molar refractivity (Wildman–Crippen MR) is 169 cm³/mol. The van der Waals surface area contributed by atoms with Gasteiger partial charge in [0.05, 0.1) is 35.3 Å². The normalized spacial score (nSPS) is 17.2. The molecule has 4 heterocycles. The minimum atomic E-state index is -0.606. The summed E-state index contributed by atoms with van der Waals surface area (Å²) in [6.07, 6.45) is 1.56. The summed E-state index contributed by atoms with van der Waals surface area (Å²) in [5, 5.41) is 5.44. The summed E-state index contributed by atoms with van der Waals surface area (Å²) in [4.78, 5) is 44.6. The third kappa shape index (κ3) is 6.48. The lowest BCUT2D eigenvalue weighted by Crippen LogP contribution is -2.59. The Morgan fingerprint density at radius 2 is 1.76 bits per heavy atom. The lowest BCUT2D eigenvalue weighted by molar-refractivity contribution is 0.00557. The van der Waals surface area contributed by atoms with E-state index in [4.69, 9.17) is 33.9 Å². The van der Waals surface area contributed by atoms with Gasteiger partial charge in [0.25, 0.3) is 0 Å². The van der Waals surface area contributed by atoms with E-state index in [1.54, 1.807) is 23.6 Å². The molecule has 0 saturated carbocycles. The molecule has 1 aliphatic heterocycles. The number of nitrogens with zero attached hydrogens (tertiary/aromatic N) is 7. The van der Waals surface area contributed by atoms with Crippen LogP contribution >= 0.6 is 0 Å². The number of aryl methyl sites for hydroxylation is 2. The first-order valence-electron chi connectivity index (χ1n) is 15.0. The number of carbonyl (C=O) groups excluding carboxylic acids is 2. The maximum absolute atomic E-state index is 13.3. The standard InChI is InChI=1S/C32H41N7O6/c1-10-43-30(40)27-26-23(11-12-24(34-26)38-14-18(2)39(19(3)15-38)31(41)45-32(5,6)7)33-29(35-27)22-13-21-16-37(8)36-25(21)20(4)28(22)44-17-42-9/h11-13,16,18-19H,10,14-15,17H2,1-9H3/t18-,19+. The van der Waals surface area contributed by atoms with Gasteiger partial charge in [0.15, 0.2) is 18.3 Å². The SMILES string of the molecule is CCOC(=O)c1nc(-c2cc3cn(C)nc3c(C)c2OCOC)nc2ccc(N3C[C@@H](C)N(C(=O)OC(C)(C)C)[C@@H](C)C3)nc12. The molecule has 0 radical (unpaired) electrons. The van der Waals surface area contributed by atoms with Crippen molar-refractivity contribution in [3.8, 4) is 17.1 Å². The Morgan fingerprint density at radius 1 is 1.04 bits per heavy atom. The summed E-state index contributed by atoms with van der Waals surface area (Å²) in [5.74, 6) is 0.829. The lowest BCUT2D eigenvalue weighted by atomic mass is 10.0. The molecule has 0 spiro atoms. The molecule has 45 heavy (non-hydrogen) atoms. The molecule has 3 aromatic heterocycles. The Balaban J connectivity index is 1.57. The molecular formula is C32H41N7O6. The third-order valence-electron chi connectivity index (χ3n) is 7.50. The van der Waals surface area contributed by atoms with E-state index in [9.17, 15) is 9.59 Å². The summed E-state index contributed by atoms with van der Waals surface area (Å²) in [6, 6.07) is 5.31. The summed E-state index contributed by atoms with van der Waals surface area (Å²) < 4.78 is 24.0. The molecule has 1 amide bonds. The van der Waals surface area contributed by atoms with Gasteiger partial charge in [-0.25, -0.2) is 24.5 Å². The van der Waals surface area contributed by atoms with Gasteiger partial charge in [-0.3, -0.25) is 9.58 Å². The largest absolute Gasteiger partial charge is 0.466 e. The minimum Gasteiger partial charge on any atom is -0.466 e. The minimum absolute atomic E-state index is 0.00739. The van der Waals surface area contributed by atoms with Crippen molar-refractivity contribution >= 4 is 39.8 Å². The fourth-order valence-electron chi connectivity index (χ4n) is 5.73. The van der Waals surface area contributed by atoms with Gasteiger partial charge in [-0.2, -0.15) is 5.10 Å². The zero-order valence-corrected chi connectivity index (χ0v) is 27.4. The van der Waals surface area contributed by atoms with Crippen LogP contribution in [0.2, 0.25) is 0 Å². The number of methoxy groups -OCH3 is 1. The van der Waals surface area contributed by atoms with Crippen molar-refractivity contribution in [2.75, 3.05) is 38.5 Å². The number of amides is 1. The van der Waals surface area contributed by atoms with Crippen LogP contribution in [-0.2, 0) is 21.3 Å². The highest BCUT2D eigenvalue weighted by Gasteiger charge is 2.36. The van der Waals surface area contributed by atoms with Crippen molar-refractivity contribution in [3.63, 3.8) is 0 Å². The Labute approximate surface area is 262 Å². The highest BCUT2D eigenvalue weighted by molar-refractivity contribution is 6.01. The van der Waals surface area contributed by atoms with E-state index in [0.717, 1.165) is 16.5 Å². The van der Waals surface area contributed by atoms with E-state index < -0.39 is 11.6 Å². The van der Waals surface area contributed by atoms with E-state index in [0.29, 0.717) is 41.3 Å². The predicted octanol–water partition coefficient (Wildman–Crippen LogP) is 4.88. The summed E-state index contributed by atoms with van der Waals surface area (Å²) in [6.45, 7) is 14.4. The number of pyridine rings is 1. The van der Waals surface area contributed by atoms with Gasteiger partial charge in [0.2, 0.25) is 0 Å². The first kappa shape index (κ1) is 31.9.